The van der Waals surface area contributed by atoms with Gasteiger partial charge in [-0.1, -0.05) is 43.1 Å². The fraction of sp³-hybridized carbons (Fsp3) is 0.462. The van der Waals surface area contributed by atoms with E-state index >= 15 is 0 Å². The molecule has 0 atom stereocenters. The van der Waals surface area contributed by atoms with Gasteiger partial charge in [0.25, 0.3) is 5.92 Å². The molecule has 106 valence electrons. The minimum Gasteiger partial charge on any atom is -0.481 e. The second-order valence-corrected chi connectivity index (χ2v) is 6.06. The predicted octanol–water partition coefficient (Wildman–Crippen LogP) is 4.98. The Hall–Kier alpha value is -0.870. The first-order valence-corrected chi connectivity index (χ1v) is 6.34. The van der Waals surface area contributed by atoms with E-state index in [0.29, 0.717) is 0 Å². The molecule has 1 aromatic rings. The van der Waals surface area contributed by atoms with E-state index in [2.05, 4.69) is 0 Å². The Bertz CT molecular complexity index is 488. The highest BCUT2D eigenvalue weighted by Crippen LogP contribution is 2.42. The second-order valence-electron chi connectivity index (χ2n) is 5.24. The number of benzene rings is 1. The number of carbonyl (C=O) groups is 1. The third-order valence-electron chi connectivity index (χ3n) is 2.67. The van der Waals surface area contributed by atoms with Gasteiger partial charge in [-0.2, -0.15) is 0 Å². The topological polar surface area (TPSA) is 37.3 Å². The number of carboxylic acids is 1. The van der Waals surface area contributed by atoms with Crippen LogP contribution in [0.15, 0.2) is 18.2 Å². The lowest BCUT2D eigenvalue weighted by atomic mass is 9.81. The summed E-state index contributed by atoms with van der Waals surface area (Å²) >= 11 is 11.4. The summed E-state index contributed by atoms with van der Waals surface area (Å²) in [6, 6.07) is 3.61. The van der Waals surface area contributed by atoms with Gasteiger partial charge in [0.05, 0.1) is 16.5 Å². The summed E-state index contributed by atoms with van der Waals surface area (Å²) < 4.78 is 28.2. The molecule has 0 spiro atoms. The fourth-order valence-corrected chi connectivity index (χ4v) is 2.20. The van der Waals surface area contributed by atoms with Crippen LogP contribution in [0.25, 0.3) is 0 Å². The maximum Gasteiger partial charge on any atom is 0.303 e. The minimum atomic E-state index is -3.16. The fourth-order valence-electron chi connectivity index (χ4n) is 1.90. The van der Waals surface area contributed by atoms with Crippen LogP contribution >= 0.6 is 23.2 Å². The highest BCUT2D eigenvalue weighted by Gasteiger charge is 2.39. The van der Waals surface area contributed by atoms with Crippen LogP contribution < -0.4 is 0 Å². The molecule has 2 nitrogen and oxygen atoms in total. The van der Waals surface area contributed by atoms with Gasteiger partial charge < -0.3 is 5.11 Å². The molecule has 0 radical (unpaired) electrons. The number of aliphatic carboxylic acids is 1. The largest absolute Gasteiger partial charge is 0.481 e. The molecular weight excluding hydrogens is 297 g/mol. The number of hydrogen-bond donors (Lipinski definition) is 1. The monoisotopic (exact) mass is 310 g/mol. The SMILES string of the molecule is CC(C)(CC(=O)O)CC(F)(F)c1ccc(Cl)c(Cl)c1. The molecule has 19 heavy (non-hydrogen) atoms. The van der Waals surface area contributed by atoms with Crippen LogP contribution in [0.1, 0.15) is 32.3 Å². The van der Waals surface area contributed by atoms with Crippen molar-refractivity contribution in [1.82, 2.24) is 0 Å². The first-order chi connectivity index (χ1) is 8.53. The summed E-state index contributed by atoms with van der Waals surface area (Å²) in [4.78, 5) is 10.7. The molecule has 0 saturated heterocycles. The summed E-state index contributed by atoms with van der Waals surface area (Å²) in [6.45, 7) is 2.99. The van der Waals surface area contributed by atoms with Crippen LogP contribution in [0, 0.1) is 5.41 Å². The van der Waals surface area contributed by atoms with Crippen LogP contribution in [0.2, 0.25) is 10.0 Å². The van der Waals surface area contributed by atoms with Gasteiger partial charge in [-0.05, 0) is 17.5 Å². The summed E-state index contributed by atoms with van der Waals surface area (Å²) in [5.41, 5.74) is -1.29. The Morgan fingerprint density at radius 3 is 2.32 bits per heavy atom. The summed E-state index contributed by atoms with van der Waals surface area (Å²) in [6.07, 6.45) is -0.909. The highest BCUT2D eigenvalue weighted by atomic mass is 35.5. The Morgan fingerprint density at radius 2 is 1.84 bits per heavy atom. The molecule has 0 heterocycles. The van der Waals surface area contributed by atoms with Gasteiger partial charge in [0, 0.05) is 12.0 Å². The van der Waals surface area contributed by atoms with Gasteiger partial charge in [0.2, 0.25) is 0 Å². The molecule has 0 fully saturated rings. The van der Waals surface area contributed by atoms with E-state index in [1.165, 1.54) is 26.0 Å². The van der Waals surface area contributed by atoms with Crippen LogP contribution in [-0.4, -0.2) is 11.1 Å². The Kier molecular flexibility index (Phi) is 4.80. The van der Waals surface area contributed by atoms with Gasteiger partial charge in [-0.3, -0.25) is 4.79 Å². The quantitative estimate of drug-likeness (QED) is 0.833. The first kappa shape index (κ1) is 16.2. The summed E-state index contributed by atoms with van der Waals surface area (Å²) in [7, 11) is 0. The average Bonchev–Trinajstić information content (AvgIpc) is 2.17. The van der Waals surface area contributed by atoms with Crippen molar-refractivity contribution in [2.45, 2.75) is 32.6 Å². The van der Waals surface area contributed by atoms with Crippen molar-refractivity contribution in [3.05, 3.63) is 33.8 Å². The maximum absolute atomic E-state index is 14.1. The third kappa shape index (κ3) is 4.62. The predicted molar refractivity (Wildman–Crippen MR) is 71.0 cm³/mol. The normalized spacial score (nSPS) is 12.5. The van der Waals surface area contributed by atoms with E-state index in [9.17, 15) is 13.6 Å². The molecule has 6 heteroatoms. The lowest BCUT2D eigenvalue weighted by Crippen LogP contribution is -2.26. The molecule has 1 N–H and O–H groups in total. The maximum atomic E-state index is 14.1. The van der Waals surface area contributed by atoms with Crippen molar-refractivity contribution in [2.24, 2.45) is 5.41 Å². The molecule has 0 aliphatic carbocycles. The standard InChI is InChI=1S/C13H14Cl2F2O2/c1-12(2,6-11(18)19)7-13(16,17)8-3-4-9(14)10(15)5-8/h3-5H,6-7H2,1-2H3,(H,18,19). The molecule has 0 bridgehead atoms. The molecule has 0 unspecified atom stereocenters. The van der Waals surface area contributed by atoms with Crippen LogP contribution in [0.3, 0.4) is 0 Å². The van der Waals surface area contributed by atoms with E-state index in [4.69, 9.17) is 28.3 Å². The molecule has 0 aliphatic heterocycles. The lowest BCUT2D eigenvalue weighted by molar-refractivity contribution is -0.140. The zero-order valence-corrected chi connectivity index (χ0v) is 12.0. The molecule has 0 saturated carbocycles. The zero-order chi connectivity index (χ0) is 14.8. The number of rotatable bonds is 5. The number of hydrogen-bond acceptors (Lipinski definition) is 1. The van der Waals surface area contributed by atoms with Crippen molar-refractivity contribution >= 4 is 29.2 Å². The number of alkyl halides is 2. The summed E-state index contributed by atoms with van der Waals surface area (Å²) in [5, 5.41) is 8.96. The number of carboxylic acid groups (broad SMARTS) is 1. The lowest BCUT2D eigenvalue weighted by Gasteiger charge is -2.28. The van der Waals surface area contributed by atoms with Crippen LogP contribution in [0.4, 0.5) is 8.78 Å². The molecule has 1 rings (SSSR count). The van der Waals surface area contributed by atoms with Crippen molar-refractivity contribution < 1.29 is 18.7 Å². The Balaban J connectivity index is 2.97. The smallest absolute Gasteiger partial charge is 0.303 e. The van der Waals surface area contributed by atoms with E-state index < -0.39 is 23.7 Å². The first-order valence-electron chi connectivity index (χ1n) is 5.59. The number of halogens is 4. The third-order valence-corrected chi connectivity index (χ3v) is 3.41. The molecule has 0 amide bonds. The van der Waals surface area contributed by atoms with E-state index in [-0.39, 0.29) is 22.0 Å². The highest BCUT2D eigenvalue weighted by molar-refractivity contribution is 6.42. The second kappa shape index (κ2) is 5.63. The average molecular weight is 311 g/mol. The summed E-state index contributed by atoms with van der Waals surface area (Å²) in [5.74, 6) is -4.26. The molecule has 1 aromatic carbocycles. The van der Waals surface area contributed by atoms with Crippen molar-refractivity contribution in [1.29, 1.82) is 0 Å². The Labute approximate surface area is 120 Å². The zero-order valence-electron chi connectivity index (χ0n) is 10.5. The van der Waals surface area contributed by atoms with Crippen molar-refractivity contribution in [2.75, 3.05) is 0 Å². The molecule has 0 aliphatic rings. The van der Waals surface area contributed by atoms with Gasteiger partial charge in [-0.25, -0.2) is 8.78 Å². The van der Waals surface area contributed by atoms with E-state index in [0.717, 1.165) is 6.07 Å². The van der Waals surface area contributed by atoms with Gasteiger partial charge >= 0.3 is 5.97 Å². The Morgan fingerprint density at radius 1 is 1.26 bits per heavy atom. The van der Waals surface area contributed by atoms with Crippen LogP contribution in [0.5, 0.6) is 0 Å². The van der Waals surface area contributed by atoms with Crippen molar-refractivity contribution in [3.63, 3.8) is 0 Å². The van der Waals surface area contributed by atoms with Gasteiger partial charge in [0.15, 0.2) is 0 Å². The minimum absolute atomic E-state index is 0.0508. The van der Waals surface area contributed by atoms with Crippen molar-refractivity contribution in [3.8, 4) is 0 Å². The van der Waals surface area contributed by atoms with Gasteiger partial charge in [-0.15, -0.1) is 0 Å². The molecular formula is C13H14Cl2F2O2. The van der Waals surface area contributed by atoms with Gasteiger partial charge in [0.1, 0.15) is 0 Å². The van der Waals surface area contributed by atoms with Crippen LogP contribution in [-0.2, 0) is 10.7 Å². The van der Waals surface area contributed by atoms with E-state index in [1.807, 2.05) is 0 Å². The van der Waals surface area contributed by atoms with E-state index in [1.54, 1.807) is 0 Å². The molecule has 0 aromatic heterocycles.